The number of carbonyl (C=O) groups is 2. The lowest BCUT2D eigenvalue weighted by Crippen LogP contribution is -2.46. The van der Waals surface area contributed by atoms with Crippen LogP contribution in [0.4, 0.5) is 0 Å². The third-order valence-corrected chi connectivity index (χ3v) is 3.07. The van der Waals surface area contributed by atoms with Gasteiger partial charge in [-0.15, -0.1) is 0 Å². The predicted octanol–water partition coefficient (Wildman–Crippen LogP) is 1.28. The first-order chi connectivity index (χ1) is 7.53. The van der Waals surface area contributed by atoms with Crippen LogP contribution < -0.4 is 0 Å². The SMILES string of the molecule is CC1(C)C(=O)CCN1C(=O)c1cccnc1. The van der Waals surface area contributed by atoms with E-state index in [0.29, 0.717) is 18.5 Å². The van der Waals surface area contributed by atoms with Gasteiger partial charge in [-0.2, -0.15) is 0 Å². The van der Waals surface area contributed by atoms with Crippen LogP contribution in [0.2, 0.25) is 0 Å². The van der Waals surface area contributed by atoms with Crippen molar-refractivity contribution in [2.24, 2.45) is 0 Å². The van der Waals surface area contributed by atoms with E-state index in [1.54, 1.807) is 37.1 Å². The molecule has 1 fully saturated rings. The number of nitrogens with zero attached hydrogens (tertiary/aromatic N) is 2. The highest BCUT2D eigenvalue weighted by molar-refractivity contribution is 6.01. The third kappa shape index (κ3) is 1.60. The summed E-state index contributed by atoms with van der Waals surface area (Å²) in [5.74, 6) is -0.00584. The van der Waals surface area contributed by atoms with E-state index in [9.17, 15) is 9.59 Å². The molecule has 16 heavy (non-hydrogen) atoms. The molecule has 2 heterocycles. The van der Waals surface area contributed by atoms with Gasteiger partial charge in [0.1, 0.15) is 0 Å². The maximum atomic E-state index is 12.1. The Morgan fingerprint density at radius 1 is 1.50 bits per heavy atom. The molecule has 0 N–H and O–H groups in total. The van der Waals surface area contributed by atoms with Crippen molar-refractivity contribution in [3.63, 3.8) is 0 Å². The number of Topliss-reactive ketones (excluding diaryl/α,β-unsaturated/α-hetero) is 1. The standard InChI is InChI=1S/C12H14N2O2/c1-12(2)10(15)5-7-14(12)11(16)9-4-3-6-13-8-9/h3-4,6,8H,5,7H2,1-2H3. The van der Waals surface area contributed by atoms with Crippen LogP contribution >= 0.6 is 0 Å². The lowest BCUT2D eigenvalue weighted by molar-refractivity contribution is -0.123. The fourth-order valence-electron chi connectivity index (χ4n) is 1.95. The first-order valence-electron chi connectivity index (χ1n) is 5.29. The Labute approximate surface area is 94.3 Å². The van der Waals surface area contributed by atoms with E-state index in [1.165, 1.54) is 6.20 Å². The van der Waals surface area contributed by atoms with Gasteiger partial charge in [0, 0.05) is 25.4 Å². The van der Waals surface area contributed by atoms with Gasteiger partial charge in [-0.25, -0.2) is 0 Å². The summed E-state index contributed by atoms with van der Waals surface area (Å²) in [6, 6.07) is 3.44. The summed E-state index contributed by atoms with van der Waals surface area (Å²) in [4.78, 5) is 29.3. The molecule has 0 aromatic carbocycles. The van der Waals surface area contributed by atoms with Crippen molar-refractivity contribution in [3.05, 3.63) is 30.1 Å². The quantitative estimate of drug-likeness (QED) is 0.713. The van der Waals surface area contributed by atoms with Crippen molar-refractivity contribution in [1.82, 2.24) is 9.88 Å². The molecule has 0 saturated carbocycles. The fourth-order valence-corrected chi connectivity index (χ4v) is 1.95. The molecule has 0 bridgehead atoms. The molecule has 84 valence electrons. The van der Waals surface area contributed by atoms with Crippen LogP contribution in [0.25, 0.3) is 0 Å². The summed E-state index contributed by atoms with van der Waals surface area (Å²) in [7, 11) is 0. The number of ketones is 1. The van der Waals surface area contributed by atoms with Crippen LogP contribution in [0.3, 0.4) is 0 Å². The molecule has 0 spiro atoms. The highest BCUT2D eigenvalue weighted by atomic mass is 16.2. The number of hydrogen-bond acceptors (Lipinski definition) is 3. The number of hydrogen-bond donors (Lipinski definition) is 0. The van der Waals surface area contributed by atoms with Crippen LogP contribution in [0.15, 0.2) is 24.5 Å². The lowest BCUT2D eigenvalue weighted by Gasteiger charge is -2.29. The fraction of sp³-hybridized carbons (Fsp3) is 0.417. The lowest BCUT2D eigenvalue weighted by atomic mass is 10.00. The molecule has 1 aromatic heterocycles. The van der Waals surface area contributed by atoms with E-state index >= 15 is 0 Å². The molecule has 4 heteroatoms. The Kier molecular flexibility index (Phi) is 2.50. The third-order valence-electron chi connectivity index (χ3n) is 3.07. The summed E-state index contributed by atoms with van der Waals surface area (Å²) < 4.78 is 0. The molecule has 0 atom stereocenters. The normalized spacial score (nSPS) is 18.9. The van der Waals surface area contributed by atoms with E-state index < -0.39 is 5.54 Å². The number of aromatic nitrogens is 1. The molecule has 4 nitrogen and oxygen atoms in total. The minimum absolute atomic E-state index is 0.116. The zero-order chi connectivity index (χ0) is 11.8. The first-order valence-corrected chi connectivity index (χ1v) is 5.29. The number of amides is 1. The Hall–Kier alpha value is -1.71. The summed E-state index contributed by atoms with van der Waals surface area (Å²) in [5.41, 5.74) is -0.155. The van der Waals surface area contributed by atoms with Gasteiger partial charge in [-0.1, -0.05) is 0 Å². The zero-order valence-electron chi connectivity index (χ0n) is 9.43. The van der Waals surface area contributed by atoms with E-state index in [-0.39, 0.29) is 11.7 Å². The summed E-state index contributed by atoms with van der Waals surface area (Å²) in [5, 5.41) is 0. The average Bonchev–Trinajstić information content (AvgIpc) is 2.54. The van der Waals surface area contributed by atoms with Gasteiger partial charge < -0.3 is 4.90 Å². The average molecular weight is 218 g/mol. The summed E-state index contributed by atoms with van der Waals surface area (Å²) in [6.07, 6.45) is 3.59. The maximum absolute atomic E-state index is 12.1. The van der Waals surface area contributed by atoms with Gasteiger partial charge in [0.25, 0.3) is 5.91 Å². The molecule has 2 rings (SSSR count). The molecular weight excluding hydrogens is 204 g/mol. The predicted molar refractivity (Wildman–Crippen MR) is 59.0 cm³/mol. The van der Waals surface area contributed by atoms with Gasteiger partial charge in [0.15, 0.2) is 5.78 Å². The van der Waals surface area contributed by atoms with Crippen molar-refractivity contribution in [3.8, 4) is 0 Å². The molecule has 0 aliphatic carbocycles. The van der Waals surface area contributed by atoms with Crippen molar-refractivity contribution in [1.29, 1.82) is 0 Å². The Balaban J connectivity index is 2.28. The van der Waals surface area contributed by atoms with E-state index in [2.05, 4.69) is 4.98 Å². The van der Waals surface area contributed by atoms with E-state index in [1.807, 2.05) is 0 Å². The summed E-state index contributed by atoms with van der Waals surface area (Å²) >= 11 is 0. The second-order valence-corrected chi connectivity index (χ2v) is 4.43. The minimum atomic E-state index is -0.688. The summed E-state index contributed by atoms with van der Waals surface area (Å²) in [6.45, 7) is 4.08. The molecule has 0 radical (unpaired) electrons. The van der Waals surface area contributed by atoms with Crippen molar-refractivity contribution in [2.45, 2.75) is 25.8 Å². The van der Waals surface area contributed by atoms with E-state index in [4.69, 9.17) is 0 Å². The van der Waals surface area contributed by atoms with Crippen LogP contribution in [0.1, 0.15) is 30.6 Å². The molecule has 1 saturated heterocycles. The number of carbonyl (C=O) groups excluding carboxylic acids is 2. The van der Waals surface area contributed by atoms with Crippen LogP contribution in [0, 0.1) is 0 Å². The highest BCUT2D eigenvalue weighted by Gasteiger charge is 2.42. The van der Waals surface area contributed by atoms with Crippen molar-refractivity contribution < 1.29 is 9.59 Å². The highest BCUT2D eigenvalue weighted by Crippen LogP contribution is 2.26. The largest absolute Gasteiger partial charge is 0.326 e. The first kappa shape index (κ1) is 10.8. The Morgan fingerprint density at radius 2 is 2.25 bits per heavy atom. The number of rotatable bonds is 1. The van der Waals surface area contributed by atoms with Gasteiger partial charge in [-0.05, 0) is 26.0 Å². The molecular formula is C12H14N2O2. The van der Waals surface area contributed by atoms with Crippen molar-refractivity contribution >= 4 is 11.7 Å². The van der Waals surface area contributed by atoms with Gasteiger partial charge >= 0.3 is 0 Å². The van der Waals surface area contributed by atoms with E-state index in [0.717, 1.165) is 0 Å². The molecule has 1 aliphatic rings. The topological polar surface area (TPSA) is 50.3 Å². The molecule has 0 unspecified atom stereocenters. The van der Waals surface area contributed by atoms with Crippen LogP contribution in [0.5, 0.6) is 0 Å². The second kappa shape index (κ2) is 3.70. The monoisotopic (exact) mass is 218 g/mol. The van der Waals surface area contributed by atoms with Gasteiger partial charge in [-0.3, -0.25) is 14.6 Å². The zero-order valence-corrected chi connectivity index (χ0v) is 9.43. The number of likely N-dealkylation sites (tertiary alicyclic amines) is 1. The van der Waals surface area contributed by atoms with Crippen molar-refractivity contribution in [2.75, 3.05) is 6.54 Å². The van der Waals surface area contributed by atoms with Gasteiger partial charge in [0.2, 0.25) is 0 Å². The Bertz CT molecular complexity index is 426. The maximum Gasteiger partial charge on any atom is 0.256 e. The smallest absolute Gasteiger partial charge is 0.256 e. The van der Waals surface area contributed by atoms with Crippen LogP contribution in [-0.4, -0.2) is 33.7 Å². The molecule has 1 aliphatic heterocycles. The van der Waals surface area contributed by atoms with Gasteiger partial charge in [0.05, 0.1) is 11.1 Å². The second-order valence-electron chi connectivity index (χ2n) is 4.43. The van der Waals surface area contributed by atoms with Crippen LogP contribution in [-0.2, 0) is 4.79 Å². The minimum Gasteiger partial charge on any atom is -0.326 e. The molecule has 1 aromatic rings. The number of pyridine rings is 1. The Morgan fingerprint density at radius 3 is 2.75 bits per heavy atom. The molecule has 1 amide bonds.